The zero-order chi connectivity index (χ0) is 16.2. The zero-order valence-electron chi connectivity index (χ0n) is 13.0. The molecule has 23 heavy (non-hydrogen) atoms. The van der Waals surface area contributed by atoms with E-state index in [-0.39, 0.29) is 11.5 Å². The highest BCUT2D eigenvalue weighted by atomic mass is 16.6. The third kappa shape index (κ3) is 3.57. The molecule has 1 aromatic heterocycles. The molecule has 0 aliphatic carbocycles. The van der Waals surface area contributed by atoms with Gasteiger partial charge in [-0.3, -0.25) is 10.1 Å². The van der Waals surface area contributed by atoms with Crippen LogP contribution in [0.5, 0.6) is 0 Å². The van der Waals surface area contributed by atoms with Gasteiger partial charge in [0.05, 0.1) is 4.92 Å². The molecular formula is C16H19N5O2. The van der Waals surface area contributed by atoms with Gasteiger partial charge in [0, 0.05) is 37.9 Å². The van der Waals surface area contributed by atoms with E-state index in [1.807, 2.05) is 31.2 Å². The van der Waals surface area contributed by atoms with Gasteiger partial charge in [-0.25, -0.2) is 4.98 Å². The number of hydrogen-bond donors (Lipinski definition) is 2. The molecule has 0 spiro atoms. The molecule has 1 aliphatic heterocycles. The molecule has 1 saturated heterocycles. The molecule has 3 rings (SSSR count). The molecule has 7 nitrogen and oxygen atoms in total. The second-order valence-electron chi connectivity index (χ2n) is 5.52. The van der Waals surface area contributed by atoms with Crippen LogP contribution in [-0.4, -0.2) is 36.1 Å². The minimum Gasteiger partial charge on any atom is -0.354 e. The van der Waals surface area contributed by atoms with E-state index in [4.69, 9.17) is 0 Å². The van der Waals surface area contributed by atoms with E-state index in [1.54, 1.807) is 6.07 Å². The number of nitro groups is 1. The second-order valence-corrected chi connectivity index (χ2v) is 5.52. The largest absolute Gasteiger partial charge is 0.354 e. The van der Waals surface area contributed by atoms with Crippen LogP contribution in [0.4, 0.5) is 23.0 Å². The monoisotopic (exact) mass is 313 g/mol. The van der Waals surface area contributed by atoms with Crippen molar-refractivity contribution in [1.29, 1.82) is 0 Å². The fraction of sp³-hybridized carbons (Fsp3) is 0.312. The number of pyridine rings is 1. The Morgan fingerprint density at radius 3 is 2.52 bits per heavy atom. The fourth-order valence-electron chi connectivity index (χ4n) is 2.52. The lowest BCUT2D eigenvalue weighted by Crippen LogP contribution is -2.43. The summed E-state index contributed by atoms with van der Waals surface area (Å²) in [5.74, 6) is 1.03. The molecule has 7 heteroatoms. The molecule has 2 aromatic rings. The van der Waals surface area contributed by atoms with E-state index in [0.29, 0.717) is 0 Å². The van der Waals surface area contributed by atoms with Crippen LogP contribution in [0.2, 0.25) is 0 Å². The molecule has 0 amide bonds. The summed E-state index contributed by atoms with van der Waals surface area (Å²) < 4.78 is 0. The molecule has 1 aliphatic rings. The summed E-state index contributed by atoms with van der Waals surface area (Å²) >= 11 is 0. The van der Waals surface area contributed by atoms with Crippen LogP contribution < -0.4 is 15.5 Å². The molecular weight excluding hydrogens is 294 g/mol. The maximum Gasteiger partial charge on any atom is 0.311 e. The van der Waals surface area contributed by atoms with Gasteiger partial charge in [-0.05, 0) is 25.1 Å². The minimum absolute atomic E-state index is 0.0236. The van der Waals surface area contributed by atoms with Gasteiger partial charge in [0.2, 0.25) is 5.82 Å². The summed E-state index contributed by atoms with van der Waals surface area (Å²) in [6.07, 6.45) is 0. The molecule has 1 fully saturated rings. The standard InChI is InChI=1S/C16H19N5O2/c1-12-2-4-13(5-3-12)18-16-14(21(22)23)6-7-15(19-16)20-10-8-17-9-11-20/h2-7,17H,8-11H2,1H3,(H,18,19). The highest BCUT2D eigenvalue weighted by Gasteiger charge is 2.19. The summed E-state index contributed by atoms with van der Waals surface area (Å²) in [6.45, 7) is 5.46. The Labute approximate surface area is 134 Å². The quantitative estimate of drug-likeness (QED) is 0.666. The Hall–Kier alpha value is -2.67. The van der Waals surface area contributed by atoms with Gasteiger partial charge in [-0.15, -0.1) is 0 Å². The first-order valence-electron chi connectivity index (χ1n) is 7.58. The number of aromatic nitrogens is 1. The van der Waals surface area contributed by atoms with Crippen LogP contribution >= 0.6 is 0 Å². The summed E-state index contributed by atoms with van der Waals surface area (Å²) in [5.41, 5.74) is 1.89. The van der Waals surface area contributed by atoms with Crippen molar-refractivity contribution in [2.45, 2.75) is 6.92 Å². The molecule has 2 heterocycles. The number of benzene rings is 1. The molecule has 0 radical (unpaired) electrons. The van der Waals surface area contributed by atoms with Gasteiger partial charge in [-0.1, -0.05) is 17.7 Å². The van der Waals surface area contributed by atoms with Gasteiger partial charge >= 0.3 is 5.69 Å². The maximum atomic E-state index is 11.3. The Morgan fingerprint density at radius 1 is 1.17 bits per heavy atom. The van der Waals surface area contributed by atoms with E-state index < -0.39 is 4.92 Å². The first-order valence-corrected chi connectivity index (χ1v) is 7.58. The van der Waals surface area contributed by atoms with E-state index in [2.05, 4.69) is 20.5 Å². The lowest BCUT2D eigenvalue weighted by atomic mass is 10.2. The normalized spacial score (nSPS) is 14.6. The van der Waals surface area contributed by atoms with Crippen LogP contribution in [0.25, 0.3) is 0 Å². The van der Waals surface area contributed by atoms with Crippen LogP contribution in [0.3, 0.4) is 0 Å². The van der Waals surface area contributed by atoms with Gasteiger partial charge in [0.1, 0.15) is 5.82 Å². The van der Waals surface area contributed by atoms with Crippen molar-refractivity contribution in [3.8, 4) is 0 Å². The van der Waals surface area contributed by atoms with Gasteiger partial charge in [-0.2, -0.15) is 0 Å². The Bertz CT molecular complexity index is 696. The number of hydrogen-bond acceptors (Lipinski definition) is 6. The number of anilines is 3. The first-order chi connectivity index (χ1) is 11.1. The van der Waals surface area contributed by atoms with E-state index >= 15 is 0 Å². The van der Waals surface area contributed by atoms with Crippen molar-refractivity contribution < 1.29 is 4.92 Å². The molecule has 0 unspecified atom stereocenters. The lowest BCUT2D eigenvalue weighted by molar-refractivity contribution is -0.384. The van der Waals surface area contributed by atoms with Crippen molar-refractivity contribution in [3.63, 3.8) is 0 Å². The van der Waals surface area contributed by atoms with Crippen LogP contribution in [0, 0.1) is 17.0 Å². The van der Waals surface area contributed by atoms with Crippen LogP contribution in [0.15, 0.2) is 36.4 Å². The highest BCUT2D eigenvalue weighted by Crippen LogP contribution is 2.28. The first kappa shape index (κ1) is 15.2. The van der Waals surface area contributed by atoms with E-state index in [1.165, 1.54) is 6.07 Å². The number of piperazine rings is 1. The third-order valence-corrected chi connectivity index (χ3v) is 3.81. The predicted octanol–water partition coefficient (Wildman–Crippen LogP) is 2.45. The molecule has 120 valence electrons. The highest BCUT2D eigenvalue weighted by molar-refractivity contribution is 5.68. The van der Waals surface area contributed by atoms with Crippen molar-refractivity contribution >= 4 is 23.0 Å². The second kappa shape index (κ2) is 6.62. The number of rotatable bonds is 4. The summed E-state index contributed by atoms with van der Waals surface area (Å²) in [6, 6.07) is 10.9. The predicted molar refractivity (Wildman–Crippen MR) is 90.4 cm³/mol. The van der Waals surface area contributed by atoms with E-state index in [9.17, 15) is 10.1 Å². The molecule has 0 atom stereocenters. The summed E-state index contributed by atoms with van der Waals surface area (Å²) in [7, 11) is 0. The summed E-state index contributed by atoms with van der Waals surface area (Å²) in [4.78, 5) is 17.5. The summed E-state index contributed by atoms with van der Waals surface area (Å²) in [5, 5.41) is 17.6. The Kier molecular flexibility index (Phi) is 4.38. The Balaban J connectivity index is 1.91. The number of nitrogens with zero attached hydrogens (tertiary/aromatic N) is 3. The van der Waals surface area contributed by atoms with Crippen molar-refractivity contribution in [1.82, 2.24) is 10.3 Å². The van der Waals surface area contributed by atoms with Crippen molar-refractivity contribution in [2.75, 3.05) is 36.4 Å². The topological polar surface area (TPSA) is 83.3 Å². The van der Waals surface area contributed by atoms with Gasteiger partial charge in [0.25, 0.3) is 0 Å². The molecule has 0 bridgehead atoms. The van der Waals surface area contributed by atoms with Gasteiger partial charge in [0.15, 0.2) is 0 Å². The SMILES string of the molecule is Cc1ccc(Nc2nc(N3CCNCC3)ccc2[N+](=O)[O-])cc1. The van der Waals surface area contributed by atoms with Crippen molar-refractivity contribution in [3.05, 3.63) is 52.1 Å². The smallest absolute Gasteiger partial charge is 0.311 e. The maximum absolute atomic E-state index is 11.3. The molecule has 2 N–H and O–H groups in total. The average molecular weight is 313 g/mol. The van der Waals surface area contributed by atoms with Crippen molar-refractivity contribution in [2.24, 2.45) is 0 Å². The zero-order valence-corrected chi connectivity index (χ0v) is 13.0. The Morgan fingerprint density at radius 2 is 1.87 bits per heavy atom. The van der Waals surface area contributed by atoms with Crippen LogP contribution in [-0.2, 0) is 0 Å². The fourth-order valence-corrected chi connectivity index (χ4v) is 2.52. The minimum atomic E-state index is -0.412. The molecule has 1 aromatic carbocycles. The average Bonchev–Trinajstić information content (AvgIpc) is 2.57. The third-order valence-electron chi connectivity index (χ3n) is 3.81. The van der Waals surface area contributed by atoms with E-state index in [0.717, 1.165) is 43.2 Å². The van der Waals surface area contributed by atoms with Gasteiger partial charge < -0.3 is 15.5 Å². The molecule has 0 saturated carbocycles. The number of aryl methyl sites for hydroxylation is 1. The lowest BCUT2D eigenvalue weighted by Gasteiger charge is -2.28. The number of nitrogens with one attached hydrogen (secondary N) is 2. The van der Waals surface area contributed by atoms with Crippen LogP contribution in [0.1, 0.15) is 5.56 Å².